The molecule has 0 aliphatic rings. The molecule has 0 N–H and O–H groups in total. The van der Waals surface area contributed by atoms with Gasteiger partial charge in [0.1, 0.15) is 11.5 Å². The molecule has 1 aromatic carbocycles. The molecule has 3 nitrogen and oxygen atoms in total. The summed E-state index contributed by atoms with van der Waals surface area (Å²) in [5.41, 5.74) is 2.24. The number of imidazole rings is 1. The van der Waals surface area contributed by atoms with Gasteiger partial charge in [-0.15, -0.1) is 0 Å². The van der Waals surface area contributed by atoms with Crippen molar-refractivity contribution >= 4 is 5.65 Å². The van der Waals surface area contributed by atoms with Gasteiger partial charge in [-0.1, -0.05) is 18.2 Å². The molecule has 90 valence electrons. The van der Waals surface area contributed by atoms with E-state index < -0.39 is 0 Å². The van der Waals surface area contributed by atoms with Crippen molar-refractivity contribution in [2.75, 3.05) is 7.11 Å². The molecule has 3 aromatic rings. The average molecular weight is 242 g/mol. The number of hydrogen-bond acceptors (Lipinski definition) is 2. The minimum atomic E-state index is -0.267. The number of halogens is 1. The Labute approximate surface area is 103 Å². The van der Waals surface area contributed by atoms with Crippen molar-refractivity contribution in [3.8, 4) is 17.1 Å². The summed E-state index contributed by atoms with van der Waals surface area (Å²) in [4.78, 5) is 4.45. The minimum Gasteiger partial charge on any atom is -0.482 e. The van der Waals surface area contributed by atoms with Crippen LogP contribution < -0.4 is 4.74 Å². The molecule has 4 heteroatoms. The Morgan fingerprint density at radius 3 is 2.78 bits per heavy atom. The van der Waals surface area contributed by atoms with Crippen LogP contribution in [0.2, 0.25) is 0 Å². The molecule has 0 radical (unpaired) electrons. The second kappa shape index (κ2) is 4.14. The van der Waals surface area contributed by atoms with Crippen LogP contribution in [0.15, 0.2) is 48.7 Å². The van der Waals surface area contributed by atoms with E-state index in [-0.39, 0.29) is 5.82 Å². The fourth-order valence-electron chi connectivity index (χ4n) is 1.94. The lowest BCUT2D eigenvalue weighted by Gasteiger charge is -2.01. The lowest BCUT2D eigenvalue weighted by molar-refractivity contribution is 0.392. The first-order valence-electron chi connectivity index (χ1n) is 5.56. The van der Waals surface area contributed by atoms with Crippen molar-refractivity contribution in [2.45, 2.75) is 0 Å². The van der Waals surface area contributed by atoms with Crippen LogP contribution in [0, 0.1) is 5.82 Å². The van der Waals surface area contributed by atoms with Crippen molar-refractivity contribution < 1.29 is 9.13 Å². The number of methoxy groups -OCH3 is 1. The minimum absolute atomic E-state index is 0.267. The molecule has 18 heavy (non-hydrogen) atoms. The van der Waals surface area contributed by atoms with Gasteiger partial charge in [-0.05, 0) is 24.3 Å². The zero-order valence-electron chi connectivity index (χ0n) is 9.80. The Balaban J connectivity index is 2.19. The molecule has 2 heterocycles. The van der Waals surface area contributed by atoms with Crippen LogP contribution in [0.3, 0.4) is 0 Å². The molecule has 0 unspecified atom stereocenters. The van der Waals surface area contributed by atoms with Crippen LogP contribution in [-0.4, -0.2) is 16.5 Å². The van der Waals surface area contributed by atoms with E-state index in [4.69, 9.17) is 4.74 Å². The van der Waals surface area contributed by atoms with Gasteiger partial charge >= 0.3 is 0 Å². The predicted molar refractivity (Wildman–Crippen MR) is 67.1 cm³/mol. The molecule has 0 fully saturated rings. The molecule has 0 spiro atoms. The quantitative estimate of drug-likeness (QED) is 0.690. The van der Waals surface area contributed by atoms with Crippen LogP contribution >= 0.6 is 0 Å². The van der Waals surface area contributed by atoms with Crippen molar-refractivity contribution in [2.24, 2.45) is 0 Å². The van der Waals surface area contributed by atoms with E-state index in [0.717, 1.165) is 16.9 Å². The van der Waals surface area contributed by atoms with Crippen molar-refractivity contribution in [3.63, 3.8) is 0 Å². The molecule has 2 aromatic heterocycles. The van der Waals surface area contributed by atoms with E-state index >= 15 is 0 Å². The number of nitrogens with zero attached hydrogens (tertiary/aromatic N) is 2. The van der Waals surface area contributed by atoms with Crippen molar-refractivity contribution in [1.82, 2.24) is 9.38 Å². The molecule has 0 bridgehead atoms. The number of pyridine rings is 1. The first kappa shape index (κ1) is 10.8. The maximum atomic E-state index is 13.2. The summed E-state index contributed by atoms with van der Waals surface area (Å²) in [6.07, 6.45) is 1.84. The monoisotopic (exact) mass is 242 g/mol. The lowest BCUT2D eigenvalue weighted by atomic mass is 10.2. The standard InChI is InChI=1S/C14H11FN2O/c1-18-14-7-3-6-13-16-12(9-17(13)14)10-4-2-5-11(15)8-10/h2-9H,1H3. The summed E-state index contributed by atoms with van der Waals surface area (Å²) in [6, 6.07) is 12.0. The zero-order chi connectivity index (χ0) is 12.5. The molecule has 0 atom stereocenters. The summed E-state index contributed by atoms with van der Waals surface area (Å²) >= 11 is 0. The Kier molecular flexibility index (Phi) is 2.48. The van der Waals surface area contributed by atoms with Gasteiger partial charge < -0.3 is 4.74 Å². The number of rotatable bonds is 2. The highest BCUT2D eigenvalue weighted by atomic mass is 19.1. The number of fused-ring (bicyclic) bond motifs is 1. The number of ether oxygens (including phenoxy) is 1. The molecule has 0 amide bonds. The van der Waals surface area contributed by atoms with Crippen LogP contribution in [0.5, 0.6) is 5.88 Å². The van der Waals surface area contributed by atoms with Gasteiger partial charge in [-0.3, -0.25) is 4.40 Å². The second-order valence-electron chi connectivity index (χ2n) is 3.93. The number of hydrogen-bond donors (Lipinski definition) is 0. The summed E-state index contributed by atoms with van der Waals surface area (Å²) in [6.45, 7) is 0. The zero-order valence-corrected chi connectivity index (χ0v) is 9.80. The van der Waals surface area contributed by atoms with Gasteiger partial charge in [0.05, 0.1) is 12.8 Å². The first-order valence-corrected chi connectivity index (χ1v) is 5.56. The lowest BCUT2D eigenvalue weighted by Crippen LogP contribution is -1.91. The highest BCUT2D eigenvalue weighted by Crippen LogP contribution is 2.22. The fraction of sp³-hybridized carbons (Fsp3) is 0.0714. The van der Waals surface area contributed by atoms with Crippen LogP contribution in [0.4, 0.5) is 4.39 Å². The maximum absolute atomic E-state index is 13.2. The molecule has 0 saturated carbocycles. The smallest absolute Gasteiger partial charge is 0.198 e. The van der Waals surface area contributed by atoms with Gasteiger partial charge in [0.15, 0.2) is 5.88 Å². The van der Waals surface area contributed by atoms with Gasteiger partial charge in [0, 0.05) is 11.8 Å². The third-order valence-electron chi connectivity index (χ3n) is 2.78. The van der Waals surface area contributed by atoms with E-state index in [0.29, 0.717) is 5.88 Å². The highest BCUT2D eigenvalue weighted by molar-refractivity contribution is 5.63. The molecular weight excluding hydrogens is 231 g/mol. The van der Waals surface area contributed by atoms with Crippen LogP contribution in [0.25, 0.3) is 16.9 Å². The molecule has 0 aliphatic carbocycles. The summed E-state index contributed by atoms with van der Waals surface area (Å²) in [5.74, 6) is 0.430. The Morgan fingerprint density at radius 2 is 2.00 bits per heavy atom. The third kappa shape index (κ3) is 1.72. The normalized spacial score (nSPS) is 10.8. The van der Waals surface area contributed by atoms with Gasteiger partial charge in [-0.2, -0.15) is 0 Å². The average Bonchev–Trinajstić information content (AvgIpc) is 2.82. The highest BCUT2D eigenvalue weighted by Gasteiger charge is 2.07. The van der Waals surface area contributed by atoms with Gasteiger partial charge in [0.2, 0.25) is 0 Å². The van der Waals surface area contributed by atoms with Gasteiger partial charge in [-0.25, -0.2) is 9.37 Å². The summed E-state index contributed by atoms with van der Waals surface area (Å²) in [7, 11) is 1.61. The molecule has 0 aliphatic heterocycles. The van der Waals surface area contributed by atoms with E-state index in [2.05, 4.69) is 4.98 Å². The predicted octanol–water partition coefficient (Wildman–Crippen LogP) is 3.15. The Morgan fingerprint density at radius 1 is 1.17 bits per heavy atom. The summed E-state index contributed by atoms with van der Waals surface area (Å²) in [5, 5.41) is 0. The molecule has 0 saturated heterocycles. The van der Waals surface area contributed by atoms with Crippen molar-refractivity contribution in [1.29, 1.82) is 0 Å². The second-order valence-corrected chi connectivity index (χ2v) is 3.93. The fourth-order valence-corrected chi connectivity index (χ4v) is 1.94. The topological polar surface area (TPSA) is 26.5 Å². The first-order chi connectivity index (χ1) is 8.78. The van der Waals surface area contributed by atoms with Gasteiger partial charge in [0.25, 0.3) is 0 Å². The molecular formula is C14H11FN2O. The SMILES string of the molecule is COc1cccc2nc(-c3cccc(F)c3)cn12. The van der Waals surface area contributed by atoms with Crippen LogP contribution in [-0.2, 0) is 0 Å². The van der Waals surface area contributed by atoms with E-state index in [1.807, 2.05) is 34.9 Å². The third-order valence-corrected chi connectivity index (χ3v) is 2.78. The largest absolute Gasteiger partial charge is 0.482 e. The number of aromatic nitrogens is 2. The maximum Gasteiger partial charge on any atom is 0.198 e. The Hall–Kier alpha value is -2.36. The number of benzene rings is 1. The summed E-state index contributed by atoms with van der Waals surface area (Å²) < 4.78 is 20.3. The van der Waals surface area contributed by atoms with Crippen LogP contribution in [0.1, 0.15) is 0 Å². The van der Waals surface area contributed by atoms with Crippen molar-refractivity contribution in [3.05, 3.63) is 54.5 Å². The van der Waals surface area contributed by atoms with E-state index in [1.54, 1.807) is 13.2 Å². The van der Waals surface area contributed by atoms with E-state index in [9.17, 15) is 4.39 Å². The Bertz CT molecular complexity index is 706. The van der Waals surface area contributed by atoms with E-state index in [1.165, 1.54) is 12.1 Å². The molecule has 3 rings (SSSR count).